The Bertz CT molecular complexity index is 1600. The lowest BCUT2D eigenvalue weighted by atomic mass is 10.2. The van der Waals surface area contributed by atoms with Crippen molar-refractivity contribution in [2.24, 2.45) is 0 Å². The van der Waals surface area contributed by atoms with Crippen LogP contribution in [-0.4, -0.2) is 60.1 Å². The molecule has 0 saturated carbocycles. The Morgan fingerprint density at radius 1 is 1.06 bits per heavy atom. The molecule has 34 heavy (non-hydrogen) atoms. The third kappa shape index (κ3) is 3.93. The van der Waals surface area contributed by atoms with Gasteiger partial charge in [0.2, 0.25) is 9.84 Å². The molecule has 1 N–H and O–H groups in total. The van der Waals surface area contributed by atoms with Crippen LogP contribution in [0.15, 0.2) is 69.3 Å². The molecule has 1 aromatic carbocycles. The van der Waals surface area contributed by atoms with Gasteiger partial charge < -0.3 is 9.30 Å². The molecule has 0 atom stereocenters. The zero-order chi connectivity index (χ0) is 23.9. The fraction of sp³-hybridized carbons (Fsp3) is 0.292. The number of nitrogens with zero attached hydrogens (tertiary/aromatic N) is 4. The molecule has 0 spiro atoms. The molecule has 1 saturated heterocycles. The maximum Gasteiger partial charge on any atom is 0.267 e. The van der Waals surface area contributed by atoms with Gasteiger partial charge in [-0.25, -0.2) is 13.4 Å². The van der Waals surface area contributed by atoms with E-state index in [2.05, 4.69) is 9.88 Å². The van der Waals surface area contributed by atoms with Crippen LogP contribution in [0, 0.1) is 12.3 Å². The number of hydrogen-bond donors (Lipinski definition) is 1. The molecule has 5 rings (SSSR count). The molecule has 0 radical (unpaired) electrons. The van der Waals surface area contributed by atoms with Gasteiger partial charge in [0.1, 0.15) is 21.7 Å². The number of ether oxygens (including phenoxy) is 1. The van der Waals surface area contributed by atoms with Gasteiger partial charge in [-0.1, -0.05) is 23.8 Å². The summed E-state index contributed by atoms with van der Waals surface area (Å²) in [6.07, 6.45) is 1.60. The Balaban J connectivity index is 1.74. The van der Waals surface area contributed by atoms with E-state index in [1.165, 1.54) is 22.6 Å². The summed E-state index contributed by atoms with van der Waals surface area (Å²) in [4.78, 5) is 20.0. The van der Waals surface area contributed by atoms with Crippen molar-refractivity contribution in [2.45, 2.75) is 23.3 Å². The highest BCUT2D eigenvalue weighted by molar-refractivity contribution is 7.91. The second-order valence-electron chi connectivity index (χ2n) is 8.36. The quantitative estimate of drug-likeness (QED) is 0.436. The summed E-state index contributed by atoms with van der Waals surface area (Å²) in [7, 11) is -4.03. The molecular formula is C24H25N5O4S. The van der Waals surface area contributed by atoms with Crippen LogP contribution in [0.25, 0.3) is 16.7 Å². The lowest BCUT2D eigenvalue weighted by Gasteiger charge is -2.27. The molecule has 1 fully saturated rings. The average Bonchev–Trinajstić information content (AvgIpc) is 2.84. The van der Waals surface area contributed by atoms with Crippen LogP contribution in [0.2, 0.25) is 0 Å². The smallest absolute Gasteiger partial charge is 0.267 e. The Labute approximate surface area is 196 Å². The number of aromatic nitrogens is 3. The van der Waals surface area contributed by atoms with Crippen molar-refractivity contribution in [1.82, 2.24) is 18.9 Å². The Hall–Kier alpha value is -3.34. The Morgan fingerprint density at radius 2 is 1.79 bits per heavy atom. The SMILES string of the molecule is Cc1ccc(S(=O)(=O)c2cc3c(=O)n4ccccc4nc3n(CCN3CCOCC3)c2=N)cc1. The van der Waals surface area contributed by atoms with Crippen LogP contribution < -0.4 is 11.0 Å². The van der Waals surface area contributed by atoms with E-state index < -0.39 is 9.84 Å². The molecule has 9 nitrogen and oxygen atoms in total. The fourth-order valence-corrected chi connectivity index (χ4v) is 5.58. The third-order valence-electron chi connectivity index (χ3n) is 6.15. The van der Waals surface area contributed by atoms with Crippen LogP contribution in [-0.2, 0) is 21.1 Å². The van der Waals surface area contributed by atoms with Crippen molar-refractivity contribution in [3.05, 3.63) is 76.1 Å². The van der Waals surface area contributed by atoms with E-state index in [0.29, 0.717) is 37.6 Å². The van der Waals surface area contributed by atoms with Gasteiger partial charge in [0.25, 0.3) is 5.56 Å². The van der Waals surface area contributed by atoms with Crippen LogP contribution in [0.4, 0.5) is 0 Å². The van der Waals surface area contributed by atoms with Crippen molar-refractivity contribution < 1.29 is 13.2 Å². The largest absolute Gasteiger partial charge is 0.379 e. The van der Waals surface area contributed by atoms with Crippen molar-refractivity contribution in [1.29, 1.82) is 5.41 Å². The van der Waals surface area contributed by atoms with Crippen molar-refractivity contribution in [3.63, 3.8) is 0 Å². The molecule has 0 bridgehead atoms. The van der Waals surface area contributed by atoms with Gasteiger partial charge >= 0.3 is 0 Å². The summed E-state index contributed by atoms with van der Waals surface area (Å²) in [5, 5.41) is 9.02. The minimum Gasteiger partial charge on any atom is -0.379 e. The summed E-state index contributed by atoms with van der Waals surface area (Å²) in [5.74, 6) is 0. The van der Waals surface area contributed by atoms with E-state index in [0.717, 1.165) is 18.7 Å². The molecule has 10 heteroatoms. The first kappa shape index (κ1) is 22.5. The summed E-state index contributed by atoms with van der Waals surface area (Å²) < 4.78 is 35.4. The predicted octanol–water partition coefficient (Wildman–Crippen LogP) is 1.60. The van der Waals surface area contributed by atoms with Crippen LogP contribution in [0.5, 0.6) is 0 Å². The molecule has 176 valence electrons. The molecule has 0 aliphatic carbocycles. The van der Waals surface area contributed by atoms with Gasteiger partial charge in [0.15, 0.2) is 0 Å². The van der Waals surface area contributed by atoms with E-state index in [-0.39, 0.29) is 26.2 Å². The van der Waals surface area contributed by atoms with Crippen molar-refractivity contribution >= 4 is 26.5 Å². The second kappa shape index (κ2) is 8.79. The first-order valence-electron chi connectivity index (χ1n) is 11.1. The van der Waals surface area contributed by atoms with E-state index in [4.69, 9.17) is 10.1 Å². The Kier molecular flexibility index (Phi) is 5.80. The van der Waals surface area contributed by atoms with Gasteiger partial charge in [-0.3, -0.25) is 19.5 Å². The van der Waals surface area contributed by atoms with Gasteiger partial charge in [0, 0.05) is 32.4 Å². The predicted molar refractivity (Wildman–Crippen MR) is 127 cm³/mol. The Morgan fingerprint density at radius 3 is 2.53 bits per heavy atom. The number of hydrogen-bond acceptors (Lipinski definition) is 7. The normalized spacial score (nSPS) is 15.2. The van der Waals surface area contributed by atoms with E-state index in [1.54, 1.807) is 41.1 Å². The molecule has 4 aromatic rings. The minimum atomic E-state index is -4.03. The van der Waals surface area contributed by atoms with Gasteiger partial charge in [-0.05, 0) is 37.3 Å². The molecular weight excluding hydrogens is 454 g/mol. The van der Waals surface area contributed by atoms with Gasteiger partial charge in [-0.2, -0.15) is 0 Å². The number of sulfone groups is 1. The van der Waals surface area contributed by atoms with Crippen molar-refractivity contribution in [3.8, 4) is 0 Å². The average molecular weight is 480 g/mol. The minimum absolute atomic E-state index is 0.0829. The van der Waals surface area contributed by atoms with E-state index in [9.17, 15) is 13.2 Å². The maximum absolute atomic E-state index is 13.6. The molecule has 0 unspecified atom stereocenters. The lowest BCUT2D eigenvalue weighted by molar-refractivity contribution is 0.0363. The zero-order valence-electron chi connectivity index (χ0n) is 18.8. The number of morpholine rings is 1. The first-order chi connectivity index (χ1) is 16.4. The number of nitrogens with one attached hydrogen (secondary N) is 1. The topological polar surface area (TPSA) is 110 Å². The highest BCUT2D eigenvalue weighted by Gasteiger charge is 2.24. The van der Waals surface area contributed by atoms with Crippen LogP contribution in [0.3, 0.4) is 0 Å². The number of aryl methyl sites for hydroxylation is 1. The molecule has 3 aromatic heterocycles. The van der Waals surface area contributed by atoms with Crippen LogP contribution >= 0.6 is 0 Å². The highest BCUT2D eigenvalue weighted by Crippen LogP contribution is 2.21. The van der Waals surface area contributed by atoms with Gasteiger partial charge in [-0.15, -0.1) is 0 Å². The number of pyridine rings is 2. The second-order valence-corrected chi connectivity index (χ2v) is 10.3. The van der Waals surface area contributed by atoms with Gasteiger partial charge in [0.05, 0.1) is 23.5 Å². The number of benzene rings is 1. The molecule has 4 heterocycles. The lowest BCUT2D eigenvalue weighted by Crippen LogP contribution is -2.40. The third-order valence-corrected chi connectivity index (χ3v) is 7.93. The van der Waals surface area contributed by atoms with E-state index in [1.807, 2.05) is 6.92 Å². The monoisotopic (exact) mass is 479 g/mol. The fourth-order valence-electron chi connectivity index (χ4n) is 4.19. The van der Waals surface area contributed by atoms with E-state index >= 15 is 0 Å². The summed E-state index contributed by atoms with van der Waals surface area (Å²) in [5.41, 5.74) is 1.11. The summed E-state index contributed by atoms with van der Waals surface area (Å²) in [6, 6.07) is 13.0. The maximum atomic E-state index is 13.6. The molecule has 1 aliphatic heterocycles. The summed E-state index contributed by atoms with van der Waals surface area (Å²) in [6.45, 7) is 5.55. The van der Waals surface area contributed by atoms with Crippen LogP contribution in [0.1, 0.15) is 5.56 Å². The summed E-state index contributed by atoms with van der Waals surface area (Å²) >= 11 is 0. The number of rotatable bonds is 5. The highest BCUT2D eigenvalue weighted by atomic mass is 32.2. The van der Waals surface area contributed by atoms with Crippen molar-refractivity contribution in [2.75, 3.05) is 32.8 Å². The standard InChI is InChI=1S/C24H25N5O4S/c1-17-5-7-18(8-6-17)34(31,32)20-16-19-23(26-21-4-2-3-9-28(21)24(19)30)29(22(20)25)11-10-27-12-14-33-15-13-27/h2-9,16,25H,10-15H2,1H3. The zero-order valence-corrected chi connectivity index (χ0v) is 19.6. The molecule has 0 amide bonds. The molecule has 1 aliphatic rings. The first-order valence-corrected chi connectivity index (χ1v) is 12.6. The number of fused-ring (bicyclic) bond motifs is 2.